The molecule has 0 aliphatic heterocycles. The van der Waals surface area contributed by atoms with Gasteiger partial charge >= 0.3 is 0 Å². The fourth-order valence-corrected chi connectivity index (χ4v) is 2.11. The molecule has 0 fully saturated rings. The summed E-state index contributed by atoms with van der Waals surface area (Å²) >= 11 is 1.70. The van der Waals surface area contributed by atoms with Crippen molar-refractivity contribution in [3.8, 4) is 5.75 Å². The van der Waals surface area contributed by atoms with Crippen molar-refractivity contribution in [3.63, 3.8) is 0 Å². The van der Waals surface area contributed by atoms with Crippen LogP contribution in [0.5, 0.6) is 5.75 Å². The van der Waals surface area contributed by atoms with E-state index in [4.69, 9.17) is 15.2 Å². The van der Waals surface area contributed by atoms with E-state index < -0.39 is 0 Å². The summed E-state index contributed by atoms with van der Waals surface area (Å²) in [6.45, 7) is 6.15. The largest absolute Gasteiger partial charge is 0.494 e. The fraction of sp³-hybridized carbons (Fsp3) is 0.500. The average molecular weight is 241 g/mol. The van der Waals surface area contributed by atoms with Crippen LogP contribution in [-0.4, -0.2) is 25.6 Å². The number of hydrogen-bond donors (Lipinski definition) is 1. The highest BCUT2D eigenvalue weighted by Crippen LogP contribution is 2.29. The van der Waals surface area contributed by atoms with Crippen LogP contribution in [0.1, 0.15) is 13.8 Å². The number of nitrogen functional groups attached to an aromatic ring is 1. The molecule has 0 unspecified atom stereocenters. The van der Waals surface area contributed by atoms with Gasteiger partial charge in [-0.25, -0.2) is 0 Å². The number of nitrogens with two attached hydrogens (primary N) is 1. The van der Waals surface area contributed by atoms with E-state index in [0.29, 0.717) is 6.61 Å². The molecule has 0 atom stereocenters. The molecule has 0 radical (unpaired) electrons. The first-order chi connectivity index (χ1) is 7.77. The molecule has 90 valence electrons. The Morgan fingerprint density at radius 2 is 2.06 bits per heavy atom. The van der Waals surface area contributed by atoms with Crippen molar-refractivity contribution < 1.29 is 9.47 Å². The lowest BCUT2D eigenvalue weighted by molar-refractivity contribution is 0.164. The summed E-state index contributed by atoms with van der Waals surface area (Å²) in [5.41, 5.74) is 6.68. The van der Waals surface area contributed by atoms with E-state index in [1.165, 1.54) is 0 Å². The second-order valence-corrected chi connectivity index (χ2v) is 4.31. The van der Waals surface area contributed by atoms with Crippen LogP contribution < -0.4 is 10.5 Å². The molecule has 1 aromatic carbocycles. The van der Waals surface area contributed by atoms with E-state index in [1.807, 2.05) is 32.0 Å². The Bertz CT molecular complexity index is 318. The Morgan fingerprint density at radius 1 is 1.25 bits per heavy atom. The molecular weight excluding hydrogens is 222 g/mol. The molecule has 0 heterocycles. The van der Waals surface area contributed by atoms with Gasteiger partial charge in [0.2, 0.25) is 0 Å². The quantitative estimate of drug-likeness (QED) is 0.453. The molecule has 0 aromatic heterocycles. The Labute approximate surface area is 101 Å². The minimum atomic E-state index is 0.674. The molecule has 0 saturated carbocycles. The van der Waals surface area contributed by atoms with Crippen molar-refractivity contribution in [2.24, 2.45) is 0 Å². The zero-order chi connectivity index (χ0) is 11.8. The van der Waals surface area contributed by atoms with Gasteiger partial charge in [0.25, 0.3) is 0 Å². The zero-order valence-corrected chi connectivity index (χ0v) is 10.7. The minimum absolute atomic E-state index is 0.674. The first-order valence-corrected chi connectivity index (χ1v) is 6.49. The summed E-state index contributed by atoms with van der Waals surface area (Å²) in [7, 11) is 0. The Kier molecular flexibility index (Phi) is 6.11. The van der Waals surface area contributed by atoms with Gasteiger partial charge in [-0.15, -0.1) is 11.8 Å². The smallest absolute Gasteiger partial charge is 0.120 e. The van der Waals surface area contributed by atoms with Crippen molar-refractivity contribution in [1.82, 2.24) is 0 Å². The number of ether oxygens (including phenoxy) is 2. The van der Waals surface area contributed by atoms with Gasteiger partial charge in [-0.3, -0.25) is 0 Å². The van der Waals surface area contributed by atoms with Crippen molar-refractivity contribution in [2.45, 2.75) is 18.7 Å². The van der Waals surface area contributed by atoms with E-state index in [9.17, 15) is 0 Å². The second-order valence-electron chi connectivity index (χ2n) is 3.18. The molecule has 0 saturated heterocycles. The summed E-state index contributed by atoms with van der Waals surface area (Å²) in [6.07, 6.45) is 0. The lowest BCUT2D eigenvalue weighted by atomic mass is 10.3. The molecule has 4 heteroatoms. The van der Waals surface area contributed by atoms with Crippen LogP contribution in [0.4, 0.5) is 5.69 Å². The zero-order valence-electron chi connectivity index (χ0n) is 9.86. The summed E-state index contributed by atoms with van der Waals surface area (Å²) in [6, 6.07) is 5.76. The molecule has 0 aliphatic carbocycles. The van der Waals surface area contributed by atoms with Gasteiger partial charge in [0.1, 0.15) is 5.75 Å². The highest BCUT2D eigenvalue weighted by Gasteiger charge is 2.02. The van der Waals surface area contributed by atoms with Crippen LogP contribution in [0.2, 0.25) is 0 Å². The number of rotatable bonds is 7. The lowest BCUT2D eigenvalue weighted by Gasteiger charge is -2.08. The lowest BCUT2D eigenvalue weighted by Crippen LogP contribution is -1.98. The summed E-state index contributed by atoms with van der Waals surface area (Å²) in [5, 5.41) is 0. The molecule has 0 bridgehead atoms. The SMILES string of the molecule is CCOCCSc1cc(OCC)ccc1N. The first kappa shape index (κ1) is 13.2. The third kappa shape index (κ3) is 4.33. The van der Waals surface area contributed by atoms with Gasteiger partial charge in [0.15, 0.2) is 0 Å². The normalized spacial score (nSPS) is 10.4. The number of benzene rings is 1. The molecule has 1 aromatic rings. The van der Waals surface area contributed by atoms with Crippen molar-refractivity contribution >= 4 is 17.4 Å². The molecule has 2 N–H and O–H groups in total. The van der Waals surface area contributed by atoms with Gasteiger partial charge in [-0.05, 0) is 32.0 Å². The Balaban J connectivity index is 2.52. The van der Waals surface area contributed by atoms with Crippen LogP contribution in [0.3, 0.4) is 0 Å². The standard InChI is InChI=1S/C12H19NO2S/c1-3-14-7-8-16-12-9-10(15-4-2)5-6-11(12)13/h5-6,9H,3-4,7-8,13H2,1-2H3. The molecule has 0 spiro atoms. The summed E-state index contributed by atoms with van der Waals surface area (Å²) in [5.74, 6) is 1.78. The predicted octanol–water partition coefficient (Wildman–Crippen LogP) is 2.80. The van der Waals surface area contributed by atoms with Crippen LogP contribution >= 0.6 is 11.8 Å². The minimum Gasteiger partial charge on any atom is -0.494 e. The number of thioether (sulfide) groups is 1. The Morgan fingerprint density at radius 3 is 2.75 bits per heavy atom. The van der Waals surface area contributed by atoms with E-state index in [2.05, 4.69) is 0 Å². The van der Waals surface area contributed by atoms with Gasteiger partial charge < -0.3 is 15.2 Å². The van der Waals surface area contributed by atoms with Crippen LogP contribution in [0.25, 0.3) is 0 Å². The third-order valence-corrected chi connectivity index (χ3v) is 3.02. The van der Waals surface area contributed by atoms with Gasteiger partial charge in [0, 0.05) is 22.9 Å². The van der Waals surface area contributed by atoms with Gasteiger partial charge in [-0.2, -0.15) is 0 Å². The number of hydrogen-bond acceptors (Lipinski definition) is 4. The highest BCUT2D eigenvalue weighted by atomic mass is 32.2. The fourth-order valence-electron chi connectivity index (χ4n) is 1.25. The maximum Gasteiger partial charge on any atom is 0.120 e. The van der Waals surface area contributed by atoms with Gasteiger partial charge in [0.05, 0.1) is 13.2 Å². The van der Waals surface area contributed by atoms with E-state index in [-0.39, 0.29) is 0 Å². The van der Waals surface area contributed by atoms with E-state index in [1.54, 1.807) is 11.8 Å². The second kappa shape index (κ2) is 7.41. The first-order valence-electron chi connectivity index (χ1n) is 5.50. The predicted molar refractivity (Wildman–Crippen MR) is 69.2 cm³/mol. The summed E-state index contributed by atoms with van der Waals surface area (Å²) < 4.78 is 10.7. The highest BCUT2D eigenvalue weighted by molar-refractivity contribution is 7.99. The monoisotopic (exact) mass is 241 g/mol. The molecule has 16 heavy (non-hydrogen) atoms. The molecule has 3 nitrogen and oxygen atoms in total. The molecular formula is C12H19NO2S. The van der Waals surface area contributed by atoms with Crippen LogP contribution in [0.15, 0.2) is 23.1 Å². The van der Waals surface area contributed by atoms with Crippen molar-refractivity contribution in [3.05, 3.63) is 18.2 Å². The molecule has 1 rings (SSSR count). The van der Waals surface area contributed by atoms with Crippen LogP contribution in [0, 0.1) is 0 Å². The maximum absolute atomic E-state index is 5.88. The molecule has 0 aliphatic rings. The Hall–Kier alpha value is -0.870. The average Bonchev–Trinajstić information content (AvgIpc) is 2.29. The number of anilines is 1. The van der Waals surface area contributed by atoms with Crippen LogP contribution in [-0.2, 0) is 4.74 Å². The maximum atomic E-state index is 5.88. The summed E-state index contributed by atoms with van der Waals surface area (Å²) in [4.78, 5) is 1.06. The van der Waals surface area contributed by atoms with Gasteiger partial charge in [-0.1, -0.05) is 0 Å². The third-order valence-electron chi connectivity index (χ3n) is 1.99. The van der Waals surface area contributed by atoms with E-state index >= 15 is 0 Å². The van der Waals surface area contributed by atoms with E-state index in [0.717, 1.165) is 35.3 Å². The molecule has 0 amide bonds. The van der Waals surface area contributed by atoms with Crippen molar-refractivity contribution in [2.75, 3.05) is 31.3 Å². The topological polar surface area (TPSA) is 44.5 Å². The van der Waals surface area contributed by atoms with Crippen molar-refractivity contribution in [1.29, 1.82) is 0 Å².